The molecule has 0 saturated carbocycles. The highest BCUT2D eigenvalue weighted by Crippen LogP contribution is 2.25. The second kappa shape index (κ2) is 3.89. The second-order valence-corrected chi connectivity index (χ2v) is 4.30. The monoisotopic (exact) mass is 250 g/mol. The summed E-state index contributed by atoms with van der Waals surface area (Å²) in [5, 5.41) is 8.38. The van der Waals surface area contributed by atoms with Gasteiger partial charge in [0.2, 0.25) is 0 Å². The third kappa shape index (κ3) is 1.80. The number of nitrogens with two attached hydrogens (primary N) is 1. The summed E-state index contributed by atoms with van der Waals surface area (Å²) in [4.78, 5) is 6.32. The maximum absolute atomic E-state index is 5.91. The van der Waals surface area contributed by atoms with E-state index in [0.717, 1.165) is 18.9 Å². The summed E-state index contributed by atoms with van der Waals surface area (Å²) in [7, 11) is 0. The minimum Gasteiger partial charge on any atom is -0.396 e. The van der Waals surface area contributed by atoms with E-state index in [9.17, 15) is 0 Å². The fourth-order valence-electron chi connectivity index (χ4n) is 1.94. The molecule has 3 heterocycles. The number of fused-ring (bicyclic) bond motifs is 1. The lowest BCUT2D eigenvalue weighted by Gasteiger charge is -2.28. The zero-order valence-electron chi connectivity index (χ0n) is 9.04. The Balaban J connectivity index is 1.94. The van der Waals surface area contributed by atoms with E-state index >= 15 is 0 Å². The first-order valence-electron chi connectivity index (χ1n) is 5.28. The van der Waals surface area contributed by atoms with Gasteiger partial charge in [0.25, 0.3) is 0 Å². The predicted molar refractivity (Wildman–Crippen MR) is 64.7 cm³/mol. The number of halogens is 1. The SMILES string of the molecule is Nc1ccc(Cl)nc1N1CCn2cnnc2C1. The van der Waals surface area contributed by atoms with Gasteiger partial charge in [-0.2, -0.15) is 0 Å². The number of hydrogen-bond donors (Lipinski definition) is 1. The number of anilines is 2. The lowest BCUT2D eigenvalue weighted by molar-refractivity contribution is 0.557. The van der Waals surface area contributed by atoms with Crippen molar-refractivity contribution < 1.29 is 0 Å². The molecular weight excluding hydrogens is 240 g/mol. The first kappa shape index (κ1) is 10.3. The molecule has 0 saturated heterocycles. The van der Waals surface area contributed by atoms with E-state index in [0.29, 0.717) is 23.2 Å². The number of pyridine rings is 1. The van der Waals surface area contributed by atoms with E-state index in [1.807, 2.05) is 4.57 Å². The summed E-state index contributed by atoms with van der Waals surface area (Å²) >= 11 is 5.89. The Morgan fingerprint density at radius 3 is 3.06 bits per heavy atom. The minimum atomic E-state index is 0.446. The van der Waals surface area contributed by atoms with Crippen LogP contribution in [0.1, 0.15) is 5.82 Å². The van der Waals surface area contributed by atoms with Crippen molar-refractivity contribution in [1.29, 1.82) is 0 Å². The van der Waals surface area contributed by atoms with Crippen molar-refractivity contribution in [3.05, 3.63) is 29.4 Å². The highest BCUT2D eigenvalue weighted by molar-refractivity contribution is 6.29. The van der Waals surface area contributed by atoms with Crippen LogP contribution < -0.4 is 10.6 Å². The summed E-state index contributed by atoms with van der Waals surface area (Å²) in [5.41, 5.74) is 6.54. The molecule has 6 nitrogen and oxygen atoms in total. The molecule has 0 amide bonds. The zero-order valence-corrected chi connectivity index (χ0v) is 9.80. The normalized spacial score (nSPS) is 14.8. The average molecular weight is 251 g/mol. The van der Waals surface area contributed by atoms with Crippen LogP contribution in [0.4, 0.5) is 11.5 Å². The van der Waals surface area contributed by atoms with Gasteiger partial charge in [0.05, 0.1) is 12.2 Å². The number of aromatic nitrogens is 4. The fraction of sp³-hybridized carbons (Fsp3) is 0.300. The molecular formula is C10H11ClN6. The molecule has 2 aromatic heterocycles. The van der Waals surface area contributed by atoms with E-state index in [1.54, 1.807) is 18.5 Å². The van der Waals surface area contributed by atoms with Gasteiger partial charge in [-0.3, -0.25) is 0 Å². The summed E-state index contributed by atoms with van der Waals surface area (Å²) in [6, 6.07) is 3.46. The van der Waals surface area contributed by atoms with Crippen LogP contribution in [-0.2, 0) is 13.1 Å². The third-order valence-electron chi connectivity index (χ3n) is 2.81. The molecule has 1 aliphatic rings. The van der Waals surface area contributed by atoms with Gasteiger partial charge < -0.3 is 15.2 Å². The lowest BCUT2D eigenvalue weighted by atomic mass is 10.3. The van der Waals surface area contributed by atoms with Crippen molar-refractivity contribution in [2.24, 2.45) is 0 Å². The molecule has 0 spiro atoms. The maximum Gasteiger partial charge on any atom is 0.154 e. The smallest absolute Gasteiger partial charge is 0.154 e. The number of rotatable bonds is 1. The van der Waals surface area contributed by atoms with E-state index in [-0.39, 0.29) is 0 Å². The number of hydrogen-bond acceptors (Lipinski definition) is 5. The van der Waals surface area contributed by atoms with E-state index in [4.69, 9.17) is 17.3 Å². The first-order chi connectivity index (χ1) is 8.24. The van der Waals surface area contributed by atoms with Crippen LogP contribution in [0.25, 0.3) is 0 Å². The maximum atomic E-state index is 5.91. The van der Waals surface area contributed by atoms with Gasteiger partial charge in [0.1, 0.15) is 11.5 Å². The van der Waals surface area contributed by atoms with Gasteiger partial charge in [-0.1, -0.05) is 11.6 Å². The largest absolute Gasteiger partial charge is 0.396 e. The Bertz CT molecular complexity index is 551. The molecule has 1 aliphatic heterocycles. The molecule has 0 radical (unpaired) electrons. The van der Waals surface area contributed by atoms with Crippen molar-refractivity contribution in [1.82, 2.24) is 19.7 Å². The zero-order chi connectivity index (χ0) is 11.8. The minimum absolute atomic E-state index is 0.446. The van der Waals surface area contributed by atoms with Crippen molar-refractivity contribution in [2.45, 2.75) is 13.1 Å². The molecule has 17 heavy (non-hydrogen) atoms. The van der Waals surface area contributed by atoms with Gasteiger partial charge in [-0.15, -0.1) is 10.2 Å². The van der Waals surface area contributed by atoms with E-state index in [2.05, 4.69) is 20.1 Å². The van der Waals surface area contributed by atoms with Gasteiger partial charge >= 0.3 is 0 Å². The predicted octanol–water partition coefficient (Wildman–Crippen LogP) is 0.929. The lowest BCUT2D eigenvalue weighted by Crippen LogP contribution is -2.34. The Labute approximate surface area is 103 Å². The topological polar surface area (TPSA) is 72.9 Å². The van der Waals surface area contributed by atoms with Crippen molar-refractivity contribution in [3.63, 3.8) is 0 Å². The third-order valence-corrected chi connectivity index (χ3v) is 3.02. The Kier molecular flexibility index (Phi) is 2.36. The van der Waals surface area contributed by atoms with E-state index < -0.39 is 0 Å². The van der Waals surface area contributed by atoms with Crippen LogP contribution in [-0.4, -0.2) is 26.3 Å². The van der Waals surface area contributed by atoms with Gasteiger partial charge in [-0.25, -0.2) is 4.98 Å². The van der Waals surface area contributed by atoms with Crippen LogP contribution >= 0.6 is 11.6 Å². The van der Waals surface area contributed by atoms with Crippen LogP contribution in [0.3, 0.4) is 0 Å². The molecule has 2 N–H and O–H groups in total. The quantitative estimate of drug-likeness (QED) is 0.763. The number of nitrogens with zero attached hydrogens (tertiary/aromatic N) is 5. The summed E-state index contributed by atoms with van der Waals surface area (Å²) < 4.78 is 2.03. The highest BCUT2D eigenvalue weighted by atomic mass is 35.5. The molecule has 88 valence electrons. The van der Waals surface area contributed by atoms with Crippen molar-refractivity contribution in [3.8, 4) is 0 Å². The molecule has 2 aromatic rings. The van der Waals surface area contributed by atoms with E-state index in [1.165, 1.54) is 0 Å². The molecule has 0 atom stereocenters. The van der Waals surface area contributed by atoms with Crippen LogP contribution in [0.15, 0.2) is 18.5 Å². The highest BCUT2D eigenvalue weighted by Gasteiger charge is 2.20. The second-order valence-electron chi connectivity index (χ2n) is 3.91. The van der Waals surface area contributed by atoms with Crippen molar-refractivity contribution >= 4 is 23.1 Å². The molecule has 0 aromatic carbocycles. The van der Waals surface area contributed by atoms with Gasteiger partial charge in [0.15, 0.2) is 11.6 Å². The summed E-state index contributed by atoms with van der Waals surface area (Å²) in [6.07, 6.45) is 1.74. The average Bonchev–Trinajstić information content (AvgIpc) is 2.79. The Morgan fingerprint density at radius 2 is 2.18 bits per heavy atom. The Morgan fingerprint density at radius 1 is 1.29 bits per heavy atom. The van der Waals surface area contributed by atoms with Crippen LogP contribution in [0, 0.1) is 0 Å². The summed E-state index contributed by atoms with van der Waals surface area (Å²) in [6.45, 7) is 2.30. The first-order valence-corrected chi connectivity index (χ1v) is 5.65. The standard InChI is InChI=1S/C10H11ClN6/c11-8-2-1-7(12)10(14-8)16-3-4-17-6-13-15-9(17)5-16/h1-2,6H,3-5,12H2. The van der Waals surface area contributed by atoms with Crippen LogP contribution in [0.5, 0.6) is 0 Å². The van der Waals surface area contributed by atoms with Crippen LogP contribution in [0.2, 0.25) is 5.15 Å². The van der Waals surface area contributed by atoms with Crippen molar-refractivity contribution in [2.75, 3.05) is 17.2 Å². The summed E-state index contributed by atoms with van der Waals surface area (Å²) in [5.74, 6) is 1.63. The van der Waals surface area contributed by atoms with Gasteiger partial charge in [0, 0.05) is 13.1 Å². The molecule has 0 aliphatic carbocycles. The Hall–Kier alpha value is -1.82. The molecule has 0 bridgehead atoms. The van der Waals surface area contributed by atoms with Gasteiger partial charge in [-0.05, 0) is 12.1 Å². The molecule has 3 rings (SSSR count). The molecule has 7 heteroatoms. The fourth-order valence-corrected chi connectivity index (χ4v) is 2.08. The number of nitrogen functional groups attached to an aromatic ring is 1. The molecule has 0 fully saturated rings. The molecule has 0 unspecified atom stereocenters.